The van der Waals surface area contributed by atoms with Crippen LogP contribution in [0, 0.1) is 5.92 Å². The first-order valence-electron chi connectivity index (χ1n) is 11.0. The van der Waals surface area contributed by atoms with Crippen LogP contribution in [0.5, 0.6) is 11.5 Å². The third-order valence-electron chi connectivity index (χ3n) is 5.69. The van der Waals surface area contributed by atoms with Gasteiger partial charge in [-0.1, -0.05) is 63.4 Å². The van der Waals surface area contributed by atoms with Gasteiger partial charge in [-0.05, 0) is 42.2 Å². The summed E-state index contributed by atoms with van der Waals surface area (Å²) in [5, 5.41) is 3.45. The van der Waals surface area contributed by atoms with Crippen molar-refractivity contribution in [1.82, 2.24) is 4.90 Å². The van der Waals surface area contributed by atoms with E-state index >= 15 is 0 Å². The summed E-state index contributed by atoms with van der Waals surface area (Å²) in [4.78, 5) is 15.3. The minimum atomic E-state index is -3.38. The maximum Gasteiger partial charge on any atom is 0.257 e. The van der Waals surface area contributed by atoms with Gasteiger partial charge in [0.05, 0.1) is 31.1 Å². The second-order valence-electron chi connectivity index (χ2n) is 8.28. The first-order chi connectivity index (χ1) is 16.2. The van der Waals surface area contributed by atoms with Crippen molar-refractivity contribution in [2.24, 2.45) is 5.92 Å². The number of anilines is 1. The first kappa shape index (κ1) is 27.3. The summed E-state index contributed by atoms with van der Waals surface area (Å²) in [5.74, 6) is 1.24. The number of sulfone groups is 1. The Kier molecular flexibility index (Phi) is 9.73. The van der Waals surface area contributed by atoms with Gasteiger partial charge >= 0.3 is 0 Å². The van der Waals surface area contributed by atoms with Crippen molar-refractivity contribution >= 4 is 66.6 Å². The van der Waals surface area contributed by atoms with Crippen LogP contribution >= 0.6 is 45.2 Å². The van der Waals surface area contributed by atoms with E-state index in [0.29, 0.717) is 41.7 Å². The van der Waals surface area contributed by atoms with Crippen molar-refractivity contribution in [3.63, 3.8) is 0 Å². The Morgan fingerprint density at radius 1 is 1.15 bits per heavy atom. The molecule has 0 saturated carbocycles. The van der Waals surface area contributed by atoms with E-state index < -0.39 is 15.9 Å². The van der Waals surface area contributed by atoms with Gasteiger partial charge in [-0.15, -0.1) is 0 Å². The van der Waals surface area contributed by atoms with E-state index in [-0.39, 0.29) is 11.7 Å². The van der Waals surface area contributed by atoms with Crippen LogP contribution in [0.1, 0.15) is 34.5 Å². The highest BCUT2D eigenvalue weighted by molar-refractivity contribution is 14.1. The molecule has 1 aliphatic rings. The van der Waals surface area contributed by atoms with Gasteiger partial charge in [0.15, 0.2) is 11.5 Å². The maximum absolute atomic E-state index is 13.7. The molecule has 0 saturated heterocycles. The molecule has 34 heavy (non-hydrogen) atoms. The van der Waals surface area contributed by atoms with E-state index in [4.69, 9.17) is 9.47 Å². The van der Waals surface area contributed by atoms with Crippen LogP contribution in [0.25, 0.3) is 0 Å². The molecular formula is C24H30I2N2O5S. The van der Waals surface area contributed by atoms with E-state index in [9.17, 15) is 13.2 Å². The van der Waals surface area contributed by atoms with Gasteiger partial charge < -0.3 is 19.7 Å². The number of amides is 1. The van der Waals surface area contributed by atoms with Crippen molar-refractivity contribution in [3.8, 4) is 11.5 Å². The summed E-state index contributed by atoms with van der Waals surface area (Å²) >= 11 is 4.76. The number of hydrogen-bond acceptors (Lipinski definition) is 6. The molecule has 1 unspecified atom stereocenters. The van der Waals surface area contributed by atoms with Gasteiger partial charge in [-0.2, -0.15) is 0 Å². The van der Waals surface area contributed by atoms with E-state index in [1.807, 2.05) is 25.1 Å². The van der Waals surface area contributed by atoms with Crippen LogP contribution in [0.15, 0.2) is 36.4 Å². The van der Waals surface area contributed by atoms with Crippen LogP contribution in [-0.2, 0) is 16.4 Å². The number of carbonyl (C=O) groups is 1. The van der Waals surface area contributed by atoms with Gasteiger partial charge in [0, 0.05) is 33.9 Å². The normalized spacial score (nSPS) is 14.3. The highest BCUT2D eigenvalue weighted by atomic mass is 127. The molecule has 2 aromatic carbocycles. The molecular weight excluding hydrogens is 682 g/mol. The minimum absolute atomic E-state index is 0.166. The van der Waals surface area contributed by atoms with Crippen LogP contribution < -0.4 is 14.8 Å². The number of carbonyl (C=O) groups excluding carboxylic acids is 1. The summed E-state index contributed by atoms with van der Waals surface area (Å²) in [6.07, 6.45) is 1.20. The smallest absolute Gasteiger partial charge is 0.257 e. The zero-order valence-corrected chi connectivity index (χ0v) is 24.6. The number of rotatable bonds is 12. The fraction of sp³-hybridized carbons (Fsp3) is 0.458. The third kappa shape index (κ3) is 6.48. The number of nitrogens with one attached hydrogen (secondary N) is 1. The monoisotopic (exact) mass is 712 g/mol. The molecule has 0 bridgehead atoms. The van der Waals surface area contributed by atoms with Crippen LogP contribution in [0.3, 0.4) is 0 Å². The van der Waals surface area contributed by atoms with Gasteiger partial charge in [-0.25, -0.2) is 8.42 Å². The predicted octanol–water partition coefficient (Wildman–Crippen LogP) is 4.73. The van der Waals surface area contributed by atoms with Gasteiger partial charge in [0.2, 0.25) is 0 Å². The van der Waals surface area contributed by atoms with Crippen LogP contribution in [0.2, 0.25) is 0 Å². The zero-order chi connectivity index (χ0) is 24.9. The summed E-state index contributed by atoms with van der Waals surface area (Å²) < 4.78 is 37.9. The minimum Gasteiger partial charge on any atom is -0.493 e. The average molecular weight is 712 g/mol. The van der Waals surface area contributed by atoms with E-state index in [1.165, 1.54) is 6.26 Å². The molecule has 3 rings (SSSR count). The van der Waals surface area contributed by atoms with E-state index in [0.717, 1.165) is 26.7 Å². The number of halogens is 2. The molecule has 0 aliphatic carbocycles. The fourth-order valence-electron chi connectivity index (χ4n) is 4.01. The second kappa shape index (κ2) is 12.1. The molecule has 1 heterocycles. The van der Waals surface area contributed by atoms with Crippen LogP contribution in [-0.4, -0.2) is 60.4 Å². The zero-order valence-electron chi connectivity index (χ0n) is 19.5. The lowest BCUT2D eigenvalue weighted by atomic mass is 10.1. The van der Waals surface area contributed by atoms with Crippen molar-refractivity contribution in [2.75, 3.05) is 46.4 Å². The topological polar surface area (TPSA) is 84.9 Å². The van der Waals surface area contributed by atoms with Crippen molar-refractivity contribution in [1.29, 1.82) is 0 Å². The van der Waals surface area contributed by atoms with Crippen molar-refractivity contribution in [2.45, 2.75) is 19.5 Å². The molecule has 0 aromatic heterocycles. The predicted molar refractivity (Wildman–Crippen MR) is 153 cm³/mol. The number of benzene rings is 2. The molecule has 1 N–H and O–H groups in total. The Balaban J connectivity index is 1.97. The number of hydrogen-bond donors (Lipinski definition) is 1. The number of fused-ring (bicyclic) bond motifs is 1. The summed E-state index contributed by atoms with van der Waals surface area (Å²) in [5.41, 5.74) is 3.01. The number of alkyl halides is 2. The summed E-state index contributed by atoms with van der Waals surface area (Å²) in [6, 6.07) is 10.5. The van der Waals surface area contributed by atoms with Crippen molar-refractivity contribution < 1.29 is 22.7 Å². The first-order valence-corrected chi connectivity index (χ1v) is 16.1. The van der Waals surface area contributed by atoms with Crippen molar-refractivity contribution in [3.05, 3.63) is 53.1 Å². The van der Waals surface area contributed by atoms with Gasteiger partial charge in [-0.3, -0.25) is 4.79 Å². The number of methoxy groups -OCH3 is 1. The molecule has 0 radical (unpaired) electrons. The number of ether oxygens (including phenoxy) is 2. The molecule has 186 valence electrons. The van der Waals surface area contributed by atoms with Gasteiger partial charge in [0.1, 0.15) is 9.84 Å². The fourth-order valence-corrected chi connectivity index (χ4v) is 7.39. The van der Waals surface area contributed by atoms with E-state index in [1.54, 1.807) is 30.2 Å². The molecule has 1 atom stereocenters. The third-order valence-corrected chi connectivity index (χ3v) is 9.11. The second-order valence-corrected chi connectivity index (χ2v) is 12.2. The summed E-state index contributed by atoms with van der Waals surface area (Å²) in [7, 11) is -1.83. The average Bonchev–Trinajstić information content (AvgIpc) is 3.14. The largest absolute Gasteiger partial charge is 0.493 e. The molecule has 7 nitrogen and oxygen atoms in total. The maximum atomic E-state index is 13.7. The Bertz CT molecular complexity index is 1120. The van der Waals surface area contributed by atoms with Crippen LogP contribution in [0.4, 0.5) is 5.69 Å². The SMILES string of the molecule is CCOc1cc(C(CS(C)(=O)=O)N2Cc3cccc(NCC(CI)CI)c3C2=O)ccc1OC. The standard InChI is InChI=1S/C24H30I2N2O5S/c1-4-33-22-10-17(8-9-21(22)32-2)20(15-34(3,30)31)28-14-18-6-5-7-19(23(18)24(28)29)27-13-16(11-25)12-26/h5-10,16,20,27H,4,11-15H2,1-3H3. The molecule has 1 amide bonds. The highest BCUT2D eigenvalue weighted by Crippen LogP contribution is 2.38. The molecule has 0 fully saturated rings. The summed E-state index contributed by atoms with van der Waals surface area (Å²) in [6.45, 7) is 3.44. The molecule has 2 aromatic rings. The van der Waals surface area contributed by atoms with E-state index in [2.05, 4.69) is 50.5 Å². The quantitative estimate of drug-likeness (QED) is 0.253. The lowest BCUT2D eigenvalue weighted by molar-refractivity contribution is 0.0719. The number of nitrogens with zero attached hydrogens (tertiary/aromatic N) is 1. The Morgan fingerprint density at radius 2 is 1.88 bits per heavy atom. The Hall–Kier alpha value is -1.28. The Morgan fingerprint density at radius 3 is 2.50 bits per heavy atom. The molecule has 10 heteroatoms. The molecule has 0 spiro atoms. The molecule has 1 aliphatic heterocycles. The lowest BCUT2D eigenvalue weighted by Gasteiger charge is -2.28. The highest BCUT2D eigenvalue weighted by Gasteiger charge is 2.37. The lowest BCUT2D eigenvalue weighted by Crippen LogP contribution is -2.34. The van der Waals surface area contributed by atoms with Gasteiger partial charge in [0.25, 0.3) is 5.91 Å². The Labute approximate surface area is 229 Å².